The Hall–Kier alpha value is -2.82. The van der Waals surface area contributed by atoms with Gasteiger partial charge in [-0.25, -0.2) is 0 Å². The van der Waals surface area contributed by atoms with Gasteiger partial charge in [0.25, 0.3) is 0 Å². The van der Waals surface area contributed by atoms with Gasteiger partial charge in [0.05, 0.1) is 13.5 Å². The first-order chi connectivity index (χ1) is 15.1. The fraction of sp³-hybridized carbons (Fsp3) is 0.462. The molecule has 3 rings (SSSR count). The Kier molecular flexibility index (Phi) is 8.51. The smallest absolute Gasteiger partial charge is 0.243 e. The van der Waals surface area contributed by atoms with Crippen LogP contribution in [0.4, 0.5) is 0 Å². The Morgan fingerprint density at radius 3 is 2.32 bits per heavy atom. The molecular weight excluding hydrogens is 388 g/mol. The van der Waals surface area contributed by atoms with Crippen molar-refractivity contribution in [2.75, 3.05) is 13.7 Å². The zero-order valence-corrected chi connectivity index (χ0v) is 18.7. The molecule has 1 N–H and O–H groups in total. The molecule has 2 amide bonds. The van der Waals surface area contributed by atoms with Crippen LogP contribution < -0.4 is 10.1 Å². The molecule has 166 valence electrons. The molecule has 5 heteroatoms. The molecule has 1 atom stereocenters. The minimum absolute atomic E-state index is 0.0190. The maximum absolute atomic E-state index is 13.3. The minimum Gasteiger partial charge on any atom is -0.497 e. The second-order valence-electron chi connectivity index (χ2n) is 8.26. The first-order valence-electron chi connectivity index (χ1n) is 11.4. The van der Waals surface area contributed by atoms with Crippen LogP contribution in [-0.2, 0) is 22.4 Å². The highest BCUT2D eigenvalue weighted by molar-refractivity contribution is 5.88. The lowest BCUT2D eigenvalue weighted by Gasteiger charge is -2.31. The normalized spacial score (nSPS) is 14.8. The van der Waals surface area contributed by atoms with Crippen molar-refractivity contribution in [3.05, 3.63) is 65.7 Å². The van der Waals surface area contributed by atoms with E-state index < -0.39 is 6.04 Å². The number of hydrogen-bond donors (Lipinski definition) is 1. The fourth-order valence-corrected chi connectivity index (χ4v) is 4.28. The summed E-state index contributed by atoms with van der Waals surface area (Å²) in [6.07, 6.45) is 5.99. The lowest BCUT2D eigenvalue weighted by Crippen LogP contribution is -2.52. The summed E-state index contributed by atoms with van der Waals surface area (Å²) in [5.41, 5.74) is 2.08. The third kappa shape index (κ3) is 6.58. The molecule has 31 heavy (non-hydrogen) atoms. The van der Waals surface area contributed by atoms with E-state index in [0.29, 0.717) is 13.0 Å². The highest BCUT2D eigenvalue weighted by atomic mass is 16.5. The van der Waals surface area contributed by atoms with E-state index in [1.54, 1.807) is 12.0 Å². The predicted molar refractivity (Wildman–Crippen MR) is 123 cm³/mol. The number of nitrogens with one attached hydrogen (secondary N) is 1. The van der Waals surface area contributed by atoms with E-state index >= 15 is 0 Å². The van der Waals surface area contributed by atoms with Crippen molar-refractivity contribution in [1.82, 2.24) is 10.2 Å². The van der Waals surface area contributed by atoms with Crippen LogP contribution in [0.15, 0.2) is 54.6 Å². The number of benzene rings is 2. The number of nitrogens with zero attached hydrogens (tertiary/aromatic N) is 1. The van der Waals surface area contributed by atoms with Gasteiger partial charge in [-0.1, -0.05) is 62.2 Å². The Morgan fingerprint density at radius 1 is 1.03 bits per heavy atom. The van der Waals surface area contributed by atoms with Crippen LogP contribution in [0.1, 0.15) is 50.2 Å². The molecular formula is C26H34N2O3. The highest BCUT2D eigenvalue weighted by Crippen LogP contribution is 2.19. The van der Waals surface area contributed by atoms with Crippen LogP contribution >= 0.6 is 0 Å². The average molecular weight is 423 g/mol. The number of amides is 2. The summed E-state index contributed by atoms with van der Waals surface area (Å²) < 4.78 is 5.21. The van der Waals surface area contributed by atoms with E-state index in [-0.39, 0.29) is 24.3 Å². The molecule has 0 saturated heterocycles. The summed E-state index contributed by atoms with van der Waals surface area (Å²) in [5, 5.41) is 3.19. The third-order valence-electron chi connectivity index (χ3n) is 6.09. The Labute approximate surface area is 185 Å². The molecule has 1 fully saturated rings. The summed E-state index contributed by atoms with van der Waals surface area (Å²) in [6.45, 7) is 2.50. The van der Waals surface area contributed by atoms with Gasteiger partial charge < -0.3 is 15.0 Å². The van der Waals surface area contributed by atoms with Crippen LogP contribution in [-0.4, -0.2) is 42.5 Å². The largest absolute Gasteiger partial charge is 0.497 e. The van der Waals surface area contributed by atoms with Crippen molar-refractivity contribution in [1.29, 1.82) is 0 Å². The summed E-state index contributed by atoms with van der Waals surface area (Å²) >= 11 is 0. The Balaban J connectivity index is 1.73. The van der Waals surface area contributed by atoms with Gasteiger partial charge in [0.1, 0.15) is 11.8 Å². The van der Waals surface area contributed by atoms with Crippen LogP contribution in [0.3, 0.4) is 0 Å². The highest BCUT2D eigenvalue weighted by Gasteiger charge is 2.30. The molecule has 0 aromatic heterocycles. The lowest BCUT2D eigenvalue weighted by molar-refractivity contribution is -0.140. The van der Waals surface area contributed by atoms with Crippen molar-refractivity contribution >= 4 is 11.8 Å². The SMILES string of the molecule is CC[C@H](C(=O)NC1CCCC1)N(CCc1ccccc1)C(=O)Cc1ccc(OC)cc1. The Morgan fingerprint density at radius 2 is 1.71 bits per heavy atom. The number of hydrogen-bond acceptors (Lipinski definition) is 3. The maximum atomic E-state index is 13.3. The number of carbonyl (C=O) groups is 2. The van der Waals surface area contributed by atoms with E-state index in [1.165, 1.54) is 0 Å². The molecule has 0 heterocycles. The van der Waals surface area contributed by atoms with E-state index in [2.05, 4.69) is 17.4 Å². The van der Waals surface area contributed by atoms with Gasteiger partial charge in [-0.2, -0.15) is 0 Å². The quantitative estimate of drug-likeness (QED) is 0.626. The molecule has 0 bridgehead atoms. The third-order valence-corrected chi connectivity index (χ3v) is 6.09. The predicted octanol–water partition coefficient (Wildman–Crippen LogP) is 4.15. The number of methoxy groups -OCH3 is 1. The van der Waals surface area contributed by atoms with Gasteiger partial charge in [-0.05, 0) is 48.9 Å². The van der Waals surface area contributed by atoms with E-state index in [9.17, 15) is 9.59 Å². The van der Waals surface area contributed by atoms with Crippen molar-refractivity contribution in [2.24, 2.45) is 0 Å². The monoisotopic (exact) mass is 422 g/mol. The van der Waals surface area contributed by atoms with Gasteiger partial charge in [0.2, 0.25) is 11.8 Å². The molecule has 1 saturated carbocycles. The molecule has 0 unspecified atom stereocenters. The van der Waals surface area contributed by atoms with Crippen LogP contribution in [0.5, 0.6) is 5.75 Å². The van der Waals surface area contributed by atoms with Crippen molar-refractivity contribution in [3.8, 4) is 5.75 Å². The molecule has 0 aliphatic heterocycles. The van der Waals surface area contributed by atoms with E-state index in [4.69, 9.17) is 4.74 Å². The fourth-order valence-electron chi connectivity index (χ4n) is 4.28. The van der Waals surface area contributed by atoms with Gasteiger partial charge in [-0.15, -0.1) is 0 Å². The van der Waals surface area contributed by atoms with E-state index in [1.807, 2.05) is 49.4 Å². The Bertz CT molecular complexity index is 829. The molecule has 0 spiro atoms. The van der Waals surface area contributed by atoms with Crippen molar-refractivity contribution in [3.63, 3.8) is 0 Å². The summed E-state index contributed by atoms with van der Waals surface area (Å²) in [5.74, 6) is 0.722. The molecule has 2 aromatic carbocycles. The number of rotatable bonds is 10. The first kappa shape index (κ1) is 22.9. The lowest BCUT2D eigenvalue weighted by atomic mass is 10.1. The average Bonchev–Trinajstić information content (AvgIpc) is 3.30. The van der Waals surface area contributed by atoms with Crippen LogP contribution in [0.2, 0.25) is 0 Å². The van der Waals surface area contributed by atoms with Crippen LogP contribution in [0.25, 0.3) is 0 Å². The zero-order valence-electron chi connectivity index (χ0n) is 18.7. The van der Waals surface area contributed by atoms with E-state index in [0.717, 1.165) is 49.0 Å². The zero-order chi connectivity index (χ0) is 22.1. The van der Waals surface area contributed by atoms with Gasteiger partial charge >= 0.3 is 0 Å². The standard InChI is InChI=1S/C26H34N2O3/c1-3-24(26(30)27-22-11-7-8-12-22)28(18-17-20-9-5-4-6-10-20)25(29)19-21-13-15-23(31-2)16-14-21/h4-6,9-10,13-16,22,24H,3,7-8,11-12,17-19H2,1-2H3,(H,27,30)/t24-/m1/s1. The van der Waals surface area contributed by atoms with Crippen molar-refractivity contribution in [2.45, 2.75) is 64.0 Å². The number of ether oxygens (including phenoxy) is 1. The van der Waals surface area contributed by atoms with Crippen LogP contribution in [0, 0.1) is 0 Å². The van der Waals surface area contributed by atoms with Gasteiger partial charge in [0.15, 0.2) is 0 Å². The molecule has 2 aromatic rings. The molecule has 0 radical (unpaired) electrons. The molecule has 5 nitrogen and oxygen atoms in total. The van der Waals surface area contributed by atoms with Gasteiger partial charge in [-0.3, -0.25) is 9.59 Å². The van der Waals surface area contributed by atoms with Crippen molar-refractivity contribution < 1.29 is 14.3 Å². The molecule has 1 aliphatic rings. The second kappa shape index (κ2) is 11.5. The summed E-state index contributed by atoms with van der Waals surface area (Å²) in [6, 6.07) is 17.5. The summed E-state index contributed by atoms with van der Waals surface area (Å²) in [7, 11) is 1.63. The second-order valence-corrected chi connectivity index (χ2v) is 8.26. The first-order valence-corrected chi connectivity index (χ1v) is 11.4. The summed E-state index contributed by atoms with van der Waals surface area (Å²) in [4.78, 5) is 28.2. The minimum atomic E-state index is -0.449. The van der Waals surface area contributed by atoms with Gasteiger partial charge in [0, 0.05) is 12.6 Å². The number of carbonyl (C=O) groups excluding carboxylic acids is 2. The topological polar surface area (TPSA) is 58.6 Å². The maximum Gasteiger partial charge on any atom is 0.243 e. The molecule has 1 aliphatic carbocycles.